The zero-order chi connectivity index (χ0) is 20.4. The summed E-state index contributed by atoms with van der Waals surface area (Å²) in [4.78, 5) is 20.5. The van der Waals surface area contributed by atoms with Gasteiger partial charge in [-0.3, -0.25) is 0 Å². The fourth-order valence-electron chi connectivity index (χ4n) is 2.24. The number of carboxylic acid groups (broad SMARTS) is 2. The minimum atomic E-state index is -1.26. The average Bonchev–Trinajstić information content (AvgIpc) is 2.88. The van der Waals surface area contributed by atoms with Gasteiger partial charge in [0.25, 0.3) is 0 Å². The van der Waals surface area contributed by atoms with Crippen LogP contribution in [0, 0.1) is 3.95 Å². The lowest BCUT2D eigenvalue weighted by Crippen LogP contribution is -2.24. The summed E-state index contributed by atoms with van der Waals surface area (Å²) in [5.74, 6) is -2.51. The Hall–Kier alpha value is -2.29. The van der Waals surface area contributed by atoms with Gasteiger partial charge in [-0.25, -0.2) is 9.59 Å². The number of aromatic nitrogens is 1. The van der Waals surface area contributed by atoms with Gasteiger partial charge in [0, 0.05) is 36.7 Å². The molecule has 0 radical (unpaired) electrons. The highest BCUT2D eigenvalue weighted by Gasteiger charge is 2.12. The van der Waals surface area contributed by atoms with Crippen LogP contribution in [0.5, 0.6) is 0 Å². The van der Waals surface area contributed by atoms with Crippen LogP contribution in [0.25, 0.3) is 11.3 Å². The molecule has 2 rings (SSSR count). The van der Waals surface area contributed by atoms with Crippen LogP contribution in [0.1, 0.15) is 18.7 Å². The Morgan fingerprint density at radius 1 is 1.19 bits per heavy atom. The summed E-state index contributed by atoms with van der Waals surface area (Å²) in [5.41, 5.74) is 2.51. The molecule has 0 saturated heterocycles. The van der Waals surface area contributed by atoms with Crippen LogP contribution in [0.4, 0.5) is 0 Å². The van der Waals surface area contributed by atoms with Gasteiger partial charge in [-0.05, 0) is 24.2 Å². The number of carbonyl (C=O) groups is 2. The molecule has 0 aliphatic rings. The summed E-state index contributed by atoms with van der Waals surface area (Å²) in [6.45, 7) is 5.34. The van der Waals surface area contributed by atoms with Gasteiger partial charge >= 0.3 is 11.9 Å². The first-order chi connectivity index (χ1) is 12.7. The monoisotopic (exact) mass is 408 g/mol. The molecular formula is C19H24N2O4S2. The second-order valence-corrected chi connectivity index (χ2v) is 7.66. The molecule has 6 nitrogen and oxygen atoms in total. The second-order valence-electron chi connectivity index (χ2n) is 5.93. The van der Waals surface area contributed by atoms with Crippen molar-refractivity contribution in [3.8, 4) is 11.3 Å². The summed E-state index contributed by atoms with van der Waals surface area (Å²) in [7, 11) is 2.06. The predicted octanol–water partition coefficient (Wildman–Crippen LogP) is 3.74. The van der Waals surface area contributed by atoms with Crippen molar-refractivity contribution in [2.24, 2.45) is 7.05 Å². The Labute approximate surface area is 167 Å². The number of rotatable bonds is 7. The Morgan fingerprint density at radius 2 is 1.74 bits per heavy atom. The lowest BCUT2D eigenvalue weighted by atomic mass is 10.1. The molecule has 146 valence electrons. The third kappa shape index (κ3) is 8.29. The van der Waals surface area contributed by atoms with Crippen LogP contribution < -0.4 is 5.32 Å². The number of nitrogens with one attached hydrogen (secondary N) is 1. The third-order valence-corrected chi connectivity index (χ3v) is 5.02. The lowest BCUT2D eigenvalue weighted by Gasteiger charge is -2.09. The van der Waals surface area contributed by atoms with E-state index in [1.54, 1.807) is 11.3 Å². The third-order valence-electron chi connectivity index (χ3n) is 3.40. The molecule has 0 aliphatic heterocycles. The Kier molecular flexibility index (Phi) is 9.63. The first kappa shape index (κ1) is 22.8. The van der Waals surface area contributed by atoms with Crippen LogP contribution in [-0.2, 0) is 23.1 Å². The Bertz CT molecular complexity index is 823. The maximum atomic E-state index is 9.55. The molecule has 1 heterocycles. The lowest BCUT2D eigenvalue weighted by molar-refractivity contribution is -0.134. The summed E-state index contributed by atoms with van der Waals surface area (Å²) in [6, 6.07) is 11.0. The molecule has 3 N–H and O–H groups in total. The highest BCUT2D eigenvalue weighted by atomic mass is 32.1. The number of hydrogen-bond acceptors (Lipinski definition) is 5. The first-order valence-electron chi connectivity index (χ1n) is 8.33. The van der Waals surface area contributed by atoms with Gasteiger partial charge in [0.15, 0.2) is 3.95 Å². The topological polar surface area (TPSA) is 91.6 Å². The van der Waals surface area contributed by atoms with E-state index in [2.05, 4.69) is 55.0 Å². The highest BCUT2D eigenvalue weighted by Crippen LogP contribution is 2.29. The normalized spacial score (nSPS) is 10.7. The highest BCUT2D eigenvalue weighted by molar-refractivity contribution is 7.73. The maximum absolute atomic E-state index is 9.55. The largest absolute Gasteiger partial charge is 0.478 e. The fraction of sp³-hybridized carbons (Fsp3) is 0.316. The molecule has 0 fully saturated rings. The molecule has 1 aromatic heterocycles. The van der Waals surface area contributed by atoms with Crippen molar-refractivity contribution in [2.75, 3.05) is 6.54 Å². The van der Waals surface area contributed by atoms with E-state index in [-0.39, 0.29) is 0 Å². The summed E-state index contributed by atoms with van der Waals surface area (Å²) < 4.78 is 3.07. The molecule has 1 aromatic carbocycles. The minimum absolute atomic E-state index is 0.525. The van der Waals surface area contributed by atoms with Crippen molar-refractivity contribution in [3.63, 3.8) is 0 Å². The van der Waals surface area contributed by atoms with Gasteiger partial charge in [0.1, 0.15) is 0 Å². The van der Waals surface area contributed by atoms with Crippen LogP contribution in [0.3, 0.4) is 0 Å². The average molecular weight is 409 g/mol. The predicted molar refractivity (Wildman–Crippen MR) is 111 cm³/mol. The van der Waals surface area contributed by atoms with Gasteiger partial charge < -0.3 is 20.1 Å². The van der Waals surface area contributed by atoms with Gasteiger partial charge in [-0.15, -0.1) is 11.3 Å². The Balaban J connectivity index is 0.000000387. The van der Waals surface area contributed by atoms with Crippen LogP contribution in [0.2, 0.25) is 0 Å². The van der Waals surface area contributed by atoms with Gasteiger partial charge in [0.2, 0.25) is 0 Å². The van der Waals surface area contributed by atoms with E-state index in [0.717, 1.165) is 16.9 Å². The van der Waals surface area contributed by atoms with Crippen LogP contribution >= 0.6 is 23.6 Å². The Morgan fingerprint density at radius 3 is 2.22 bits per heavy atom. The molecule has 0 unspecified atom stereocenters. The van der Waals surface area contributed by atoms with Crippen molar-refractivity contribution in [1.82, 2.24) is 9.88 Å². The van der Waals surface area contributed by atoms with E-state index in [0.29, 0.717) is 18.2 Å². The van der Waals surface area contributed by atoms with Gasteiger partial charge in [0.05, 0.1) is 5.69 Å². The van der Waals surface area contributed by atoms with Crippen molar-refractivity contribution < 1.29 is 19.8 Å². The SMILES string of the molecule is CC(C)NCCc1sc(=S)n(C)c1-c1ccccc1.O=C(O)/C=C\C(=O)O. The summed E-state index contributed by atoms with van der Waals surface area (Å²) in [5, 5.41) is 19.1. The molecule has 0 saturated carbocycles. The summed E-state index contributed by atoms with van der Waals surface area (Å²) >= 11 is 7.15. The molecule has 0 bridgehead atoms. The maximum Gasteiger partial charge on any atom is 0.328 e. The van der Waals surface area contributed by atoms with Crippen molar-refractivity contribution >= 4 is 35.5 Å². The zero-order valence-corrected chi connectivity index (χ0v) is 17.1. The van der Waals surface area contributed by atoms with E-state index in [1.807, 2.05) is 6.07 Å². The van der Waals surface area contributed by atoms with Gasteiger partial charge in [-0.2, -0.15) is 0 Å². The van der Waals surface area contributed by atoms with E-state index in [1.165, 1.54) is 16.1 Å². The van der Waals surface area contributed by atoms with E-state index >= 15 is 0 Å². The molecular weight excluding hydrogens is 384 g/mol. The molecule has 2 aromatic rings. The molecule has 8 heteroatoms. The number of aliphatic carboxylic acids is 2. The van der Waals surface area contributed by atoms with Crippen molar-refractivity contribution in [1.29, 1.82) is 0 Å². The summed E-state index contributed by atoms with van der Waals surface area (Å²) in [6.07, 6.45) is 2.14. The van der Waals surface area contributed by atoms with Crippen LogP contribution in [0.15, 0.2) is 42.5 Å². The van der Waals surface area contributed by atoms with Crippen molar-refractivity contribution in [3.05, 3.63) is 51.3 Å². The quantitative estimate of drug-likeness (QED) is 0.478. The number of carboxylic acids is 2. The fourth-order valence-corrected chi connectivity index (χ4v) is 3.63. The number of benzene rings is 1. The van der Waals surface area contributed by atoms with Gasteiger partial charge in [-0.1, -0.05) is 44.2 Å². The standard InChI is InChI=1S/C15H20N2S2.C4H4O4/c1-11(2)16-10-9-13-14(17(3)15(18)19-13)12-7-5-4-6-8-12;5-3(6)1-2-4(7)8/h4-8,11,16H,9-10H2,1-3H3;1-2H,(H,5,6)(H,7,8)/b;2-1-. The molecule has 27 heavy (non-hydrogen) atoms. The number of thiazole rings is 1. The molecule has 0 spiro atoms. The van der Waals surface area contributed by atoms with E-state index in [9.17, 15) is 9.59 Å². The zero-order valence-electron chi connectivity index (χ0n) is 15.5. The number of hydrogen-bond donors (Lipinski definition) is 3. The smallest absolute Gasteiger partial charge is 0.328 e. The number of nitrogens with zero attached hydrogens (tertiary/aromatic N) is 1. The molecule has 0 atom stereocenters. The van der Waals surface area contributed by atoms with Crippen molar-refractivity contribution in [2.45, 2.75) is 26.3 Å². The first-order valence-corrected chi connectivity index (χ1v) is 9.56. The van der Waals surface area contributed by atoms with E-state index < -0.39 is 11.9 Å². The van der Waals surface area contributed by atoms with E-state index in [4.69, 9.17) is 22.4 Å². The molecule has 0 aliphatic carbocycles. The van der Waals surface area contributed by atoms with Crippen LogP contribution in [-0.4, -0.2) is 39.3 Å². The second kappa shape index (κ2) is 11.4. The minimum Gasteiger partial charge on any atom is -0.478 e. The molecule has 0 amide bonds.